The average Bonchev–Trinajstić information content (AvgIpc) is 2.21. The van der Waals surface area contributed by atoms with Crippen LogP contribution in [0.15, 0.2) is 18.2 Å². The minimum atomic E-state index is 0.384. The quantitative estimate of drug-likeness (QED) is 0.766. The Morgan fingerprint density at radius 1 is 1.60 bits per heavy atom. The van der Waals surface area contributed by atoms with Gasteiger partial charge in [-0.05, 0) is 31.4 Å². The molecule has 4 heteroatoms. The summed E-state index contributed by atoms with van der Waals surface area (Å²) in [4.78, 5) is 0. The average molecular weight is 221 g/mol. The third kappa shape index (κ3) is 3.37. The number of nitrogens with one attached hydrogen (secondary N) is 1. The maximum atomic E-state index is 8.82. The molecule has 0 spiro atoms. The lowest BCUT2D eigenvalue weighted by Crippen LogP contribution is -2.17. The van der Waals surface area contributed by atoms with Gasteiger partial charge in [-0.1, -0.05) is 0 Å². The largest absolute Gasteiger partial charge is 0.398 e. The van der Waals surface area contributed by atoms with Gasteiger partial charge >= 0.3 is 0 Å². The predicted molar refractivity (Wildman–Crippen MR) is 67.0 cm³/mol. The fourth-order valence-electron chi connectivity index (χ4n) is 1.32. The molecule has 0 bridgehead atoms. The first-order valence-electron chi connectivity index (χ1n) is 4.72. The van der Waals surface area contributed by atoms with E-state index >= 15 is 0 Å². The standard InChI is InChI=1S/C11H15N3S/c1-8(7-15-2)14-10-3-4-11(13)9(5-10)6-12/h3-5,8,14H,7,13H2,1-2H3. The Morgan fingerprint density at radius 2 is 2.33 bits per heavy atom. The first-order chi connectivity index (χ1) is 7.17. The Labute approximate surface area is 94.7 Å². The molecule has 0 aliphatic rings. The zero-order valence-corrected chi connectivity index (χ0v) is 9.77. The molecule has 0 amide bonds. The fraction of sp³-hybridized carbons (Fsp3) is 0.364. The molecule has 0 saturated carbocycles. The van der Waals surface area contributed by atoms with Gasteiger partial charge in [0.05, 0.1) is 5.56 Å². The number of rotatable bonds is 4. The highest BCUT2D eigenvalue weighted by Crippen LogP contribution is 2.17. The monoisotopic (exact) mass is 221 g/mol. The number of hydrogen-bond donors (Lipinski definition) is 2. The third-order valence-corrected chi connectivity index (χ3v) is 2.84. The highest BCUT2D eigenvalue weighted by atomic mass is 32.2. The Balaban J connectivity index is 2.75. The molecule has 0 fully saturated rings. The van der Waals surface area contributed by atoms with Crippen molar-refractivity contribution in [3.05, 3.63) is 23.8 Å². The number of nitrogens with zero attached hydrogens (tertiary/aromatic N) is 1. The van der Waals surface area contributed by atoms with E-state index in [4.69, 9.17) is 11.0 Å². The second-order valence-electron chi connectivity index (χ2n) is 3.41. The first-order valence-corrected chi connectivity index (χ1v) is 6.12. The zero-order chi connectivity index (χ0) is 11.3. The van der Waals surface area contributed by atoms with Crippen molar-refractivity contribution in [1.82, 2.24) is 0 Å². The van der Waals surface area contributed by atoms with Crippen LogP contribution >= 0.6 is 11.8 Å². The van der Waals surface area contributed by atoms with E-state index in [-0.39, 0.29) is 0 Å². The maximum Gasteiger partial charge on any atom is 0.101 e. The second-order valence-corrected chi connectivity index (χ2v) is 4.33. The summed E-state index contributed by atoms with van der Waals surface area (Å²) in [5.41, 5.74) is 7.63. The molecule has 0 aromatic heterocycles. The van der Waals surface area contributed by atoms with Gasteiger partial charge in [-0.2, -0.15) is 17.0 Å². The molecular formula is C11H15N3S. The molecule has 1 rings (SSSR count). The van der Waals surface area contributed by atoms with Crippen LogP contribution in [0.4, 0.5) is 11.4 Å². The van der Waals surface area contributed by atoms with Crippen molar-refractivity contribution in [1.29, 1.82) is 5.26 Å². The summed E-state index contributed by atoms with van der Waals surface area (Å²) in [5.74, 6) is 1.03. The lowest BCUT2D eigenvalue weighted by Gasteiger charge is -2.14. The molecule has 15 heavy (non-hydrogen) atoms. The predicted octanol–water partition coefficient (Wildman–Crippen LogP) is 2.30. The van der Waals surface area contributed by atoms with E-state index in [1.165, 1.54) is 0 Å². The van der Waals surface area contributed by atoms with Crippen molar-refractivity contribution in [3.8, 4) is 6.07 Å². The smallest absolute Gasteiger partial charge is 0.101 e. The summed E-state index contributed by atoms with van der Waals surface area (Å²) >= 11 is 1.79. The van der Waals surface area contributed by atoms with E-state index in [9.17, 15) is 0 Å². The van der Waals surface area contributed by atoms with Gasteiger partial charge in [0.25, 0.3) is 0 Å². The van der Waals surface area contributed by atoms with Crippen LogP contribution in [0.3, 0.4) is 0 Å². The summed E-state index contributed by atoms with van der Waals surface area (Å²) in [7, 11) is 0. The van der Waals surface area contributed by atoms with Crippen LogP contribution in [0.5, 0.6) is 0 Å². The van der Waals surface area contributed by atoms with Crippen LogP contribution in [0.25, 0.3) is 0 Å². The lowest BCUT2D eigenvalue weighted by atomic mass is 10.1. The van der Waals surface area contributed by atoms with Crippen molar-refractivity contribution in [2.24, 2.45) is 0 Å². The number of thioether (sulfide) groups is 1. The molecule has 0 aliphatic heterocycles. The van der Waals surface area contributed by atoms with Gasteiger partial charge in [0.15, 0.2) is 0 Å². The van der Waals surface area contributed by atoms with Crippen LogP contribution in [-0.4, -0.2) is 18.1 Å². The number of benzene rings is 1. The normalized spacial score (nSPS) is 11.8. The van der Waals surface area contributed by atoms with Crippen LogP contribution in [0, 0.1) is 11.3 Å². The molecule has 1 aromatic rings. The maximum absolute atomic E-state index is 8.82. The lowest BCUT2D eigenvalue weighted by molar-refractivity contribution is 0.914. The molecule has 0 saturated heterocycles. The molecule has 1 aromatic carbocycles. The fourth-order valence-corrected chi connectivity index (χ4v) is 1.90. The van der Waals surface area contributed by atoms with Crippen molar-refractivity contribution in [3.63, 3.8) is 0 Å². The van der Waals surface area contributed by atoms with Gasteiger partial charge in [0, 0.05) is 23.2 Å². The number of hydrogen-bond acceptors (Lipinski definition) is 4. The first kappa shape index (κ1) is 11.7. The highest BCUT2D eigenvalue weighted by molar-refractivity contribution is 7.98. The number of nitrogens with two attached hydrogens (primary N) is 1. The Hall–Kier alpha value is -1.34. The molecule has 1 atom stereocenters. The molecule has 3 nitrogen and oxygen atoms in total. The number of nitriles is 1. The summed E-state index contributed by atoms with van der Waals surface area (Å²) in [6.07, 6.45) is 2.07. The van der Waals surface area contributed by atoms with Crippen molar-refractivity contribution < 1.29 is 0 Å². The summed E-state index contributed by atoms with van der Waals surface area (Å²) in [6, 6.07) is 7.89. The SMILES string of the molecule is CSCC(C)Nc1ccc(N)c(C#N)c1. The molecule has 3 N–H and O–H groups in total. The summed E-state index contributed by atoms with van der Waals surface area (Å²) in [6.45, 7) is 2.11. The molecule has 1 unspecified atom stereocenters. The van der Waals surface area contributed by atoms with Crippen LogP contribution in [-0.2, 0) is 0 Å². The summed E-state index contributed by atoms with van der Waals surface area (Å²) < 4.78 is 0. The van der Waals surface area contributed by atoms with Gasteiger partial charge < -0.3 is 11.1 Å². The van der Waals surface area contributed by atoms with Crippen LogP contribution in [0.2, 0.25) is 0 Å². The second kappa shape index (κ2) is 5.52. The van der Waals surface area contributed by atoms with Crippen molar-refractivity contribution >= 4 is 23.1 Å². The van der Waals surface area contributed by atoms with Gasteiger partial charge in [0.1, 0.15) is 6.07 Å². The van der Waals surface area contributed by atoms with Gasteiger partial charge in [-0.3, -0.25) is 0 Å². The van der Waals surface area contributed by atoms with Crippen molar-refractivity contribution in [2.75, 3.05) is 23.1 Å². The van der Waals surface area contributed by atoms with E-state index in [2.05, 4.69) is 24.6 Å². The zero-order valence-electron chi connectivity index (χ0n) is 8.95. The molecule has 0 heterocycles. The minimum absolute atomic E-state index is 0.384. The third-order valence-electron chi connectivity index (χ3n) is 2.00. The van der Waals surface area contributed by atoms with Crippen LogP contribution in [0.1, 0.15) is 12.5 Å². The van der Waals surface area contributed by atoms with Gasteiger partial charge in [-0.25, -0.2) is 0 Å². The van der Waals surface area contributed by atoms with Crippen molar-refractivity contribution in [2.45, 2.75) is 13.0 Å². The highest BCUT2D eigenvalue weighted by Gasteiger charge is 2.03. The van der Waals surface area contributed by atoms with E-state index < -0.39 is 0 Å². The minimum Gasteiger partial charge on any atom is -0.398 e. The summed E-state index contributed by atoms with van der Waals surface area (Å²) in [5, 5.41) is 12.1. The van der Waals surface area contributed by atoms with E-state index in [1.807, 2.05) is 6.07 Å². The Kier molecular flexibility index (Phi) is 4.32. The number of nitrogen functional groups attached to an aromatic ring is 1. The number of anilines is 2. The van der Waals surface area contributed by atoms with Gasteiger partial charge in [0.2, 0.25) is 0 Å². The van der Waals surface area contributed by atoms with Crippen LogP contribution < -0.4 is 11.1 Å². The van der Waals surface area contributed by atoms with E-state index in [1.54, 1.807) is 23.9 Å². The van der Waals surface area contributed by atoms with E-state index in [0.29, 0.717) is 17.3 Å². The molecule has 0 aliphatic carbocycles. The Morgan fingerprint density at radius 3 is 2.93 bits per heavy atom. The Bertz CT molecular complexity index is 371. The van der Waals surface area contributed by atoms with E-state index in [0.717, 1.165) is 11.4 Å². The molecule has 80 valence electrons. The van der Waals surface area contributed by atoms with Gasteiger partial charge in [-0.15, -0.1) is 0 Å². The topological polar surface area (TPSA) is 61.8 Å². The molecular weight excluding hydrogens is 206 g/mol. The molecule has 0 radical (unpaired) electrons.